The first-order valence-corrected chi connectivity index (χ1v) is 7.26. The van der Waals surface area contributed by atoms with E-state index in [0.29, 0.717) is 31.4 Å². The van der Waals surface area contributed by atoms with E-state index in [4.69, 9.17) is 14.2 Å². The predicted octanol–water partition coefficient (Wildman–Crippen LogP) is 1.16. The highest BCUT2D eigenvalue weighted by atomic mass is 32.1. The van der Waals surface area contributed by atoms with Crippen LogP contribution in [-0.4, -0.2) is 46.3 Å². The van der Waals surface area contributed by atoms with E-state index in [1.165, 1.54) is 6.20 Å². The van der Waals surface area contributed by atoms with Crippen LogP contribution in [0.15, 0.2) is 24.4 Å². The van der Waals surface area contributed by atoms with E-state index in [9.17, 15) is 5.11 Å². The normalized spacial score (nSPS) is 14.5. The summed E-state index contributed by atoms with van der Waals surface area (Å²) < 4.78 is 24.0. The number of aliphatic hydroxyl groups excluding tert-OH is 1. The van der Waals surface area contributed by atoms with Gasteiger partial charge in [0.2, 0.25) is 5.88 Å². The van der Waals surface area contributed by atoms with Crippen LogP contribution in [0.25, 0.3) is 0 Å². The average Bonchev–Trinajstić information content (AvgIpc) is 3.04. The molecule has 0 radical (unpaired) electrons. The number of ether oxygens (including phenoxy) is 3. The highest BCUT2D eigenvalue weighted by Crippen LogP contribution is 2.32. The van der Waals surface area contributed by atoms with E-state index in [0.717, 1.165) is 23.2 Å². The Bertz CT molecular complexity index is 579. The van der Waals surface area contributed by atoms with Gasteiger partial charge in [0.05, 0.1) is 11.7 Å². The van der Waals surface area contributed by atoms with Gasteiger partial charge in [0.25, 0.3) is 0 Å². The number of benzene rings is 1. The molecule has 0 fully saturated rings. The maximum atomic E-state index is 9.86. The maximum absolute atomic E-state index is 9.86. The Balaban J connectivity index is 1.48. The summed E-state index contributed by atoms with van der Waals surface area (Å²) in [4.78, 5) is 0. The SMILES string of the molecule is OC(CNc1ccc2c(c1)OCCO2)COc1cnsn1. The number of fused-ring (bicyclic) bond motifs is 1. The second kappa shape index (κ2) is 6.59. The molecule has 0 aliphatic carbocycles. The smallest absolute Gasteiger partial charge is 0.245 e. The molecule has 1 aromatic carbocycles. The monoisotopic (exact) mass is 309 g/mol. The zero-order valence-corrected chi connectivity index (χ0v) is 12.0. The summed E-state index contributed by atoms with van der Waals surface area (Å²) >= 11 is 1.07. The third-order valence-corrected chi connectivity index (χ3v) is 3.31. The molecule has 8 heteroatoms. The Morgan fingerprint density at radius 3 is 3.00 bits per heavy atom. The van der Waals surface area contributed by atoms with Crippen molar-refractivity contribution in [1.29, 1.82) is 0 Å². The number of hydrogen-bond donors (Lipinski definition) is 2. The summed E-state index contributed by atoms with van der Waals surface area (Å²) in [5.41, 5.74) is 0.855. The van der Waals surface area contributed by atoms with Gasteiger partial charge in [-0.2, -0.15) is 4.37 Å². The number of nitrogens with zero attached hydrogens (tertiary/aromatic N) is 2. The van der Waals surface area contributed by atoms with Gasteiger partial charge in [-0.1, -0.05) is 0 Å². The van der Waals surface area contributed by atoms with Crippen LogP contribution in [0.4, 0.5) is 5.69 Å². The minimum Gasteiger partial charge on any atom is -0.486 e. The van der Waals surface area contributed by atoms with Crippen molar-refractivity contribution < 1.29 is 19.3 Å². The van der Waals surface area contributed by atoms with Gasteiger partial charge in [-0.25, -0.2) is 0 Å². The Hall–Kier alpha value is -2.06. The van der Waals surface area contributed by atoms with Gasteiger partial charge < -0.3 is 24.6 Å². The molecular formula is C13H15N3O4S. The predicted molar refractivity (Wildman–Crippen MR) is 77.3 cm³/mol. The van der Waals surface area contributed by atoms with E-state index in [2.05, 4.69) is 14.1 Å². The first-order valence-electron chi connectivity index (χ1n) is 6.53. The fraction of sp³-hybridized carbons (Fsp3) is 0.385. The summed E-state index contributed by atoms with van der Waals surface area (Å²) in [6, 6.07) is 5.58. The van der Waals surface area contributed by atoms with E-state index < -0.39 is 6.10 Å². The lowest BCUT2D eigenvalue weighted by molar-refractivity contribution is 0.115. The van der Waals surface area contributed by atoms with Crippen LogP contribution >= 0.6 is 11.7 Å². The lowest BCUT2D eigenvalue weighted by Crippen LogP contribution is -2.26. The van der Waals surface area contributed by atoms with Crippen LogP contribution in [0, 0.1) is 0 Å². The van der Waals surface area contributed by atoms with Crippen molar-refractivity contribution in [3.8, 4) is 17.4 Å². The number of anilines is 1. The molecule has 1 unspecified atom stereocenters. The molecule has 0 saturated carbocycles. The molecule has 0 bridgehead atoms. The van der Waals surface area contributed by atoms with Gasteiger partial charge in [-0.3, -0.25) is 0 Å². The molecule has 21 heavy (non-hydrogen) atoms. The largest absolute Gasteiger partial charge is 0.486 e. The molecule has 3 rings (SSSR count). The zero-order valence-electron chi connectivity index (χ0n) is 11.2. The summed E-state index contributed by atoms with van der Waals surface area (Å²) in [5.74, 6) is 1.88. The Labute approximate surface area is 125 Å². The van der Waals surface area contributed by atoms with Crippen molar-refractivity contribution in [2.45, 2.75) is 6.10 Å². The van der Waals surface area contributed by atoms with Crippen LogP contribution in [0.3, 0.4) is 0 Å². The molecule has 0 spiro atoms. The van der Waals surface area contributed by atoms with Crippen LogP contribution < -0.4 is 19.5 Å². The molecule has 0 saturated heterocycles. The highest BCUT2D eigenvalue weighted by Gasteiger charge is 2.12. The Morgan fingerprint density at radius 1 is 1.33 bits per heavy atom. The standard InChI is InChI=1S/C13H15N3O4S/c17-10(8-20-13-7-15-21-16-13)6-14-9-1-2-11-12(5-9)19-4-3-18-11/h1-2,5,7,10,14,17H,3-4,6,8H2. The van der Waals surface area contributed by atoms with Crippen LogP contribution in [0.5, 0.6) is 17.4 Å². The third kappa shape index (κ3) is 3.73. The zero-order chi connectivity index (χ0) is 14.5. The van der Waals surface area contributed by atoms with Crippen LogP contribution in [0.1, 0.15) is 0 Å². The van der Waals surface area contributed by atoms with Crippen molar-refractivity contribution in [3.05, 3.63) is 24.4 Å². The first kappa shape index (κ1) is 13.9. The number of hydrogen-bond acceptors (Lipinski definition) is 8. The quantitative estimate of drug-likeness (QED) is 0.828. The summed E-state index contributed by atoms with van der Waals surface area (Å²) in [6.07, 6.45) is 0.867. The molecule has 0 amide bonds. The Kier molecular flexibility index (Phi) is 4.37. The van der Waals surface area contributed by atoms with Crippen LogP contribution in [0.2, 0.25) is 0 Å². The second-order valence-corrected chi connectivity index (χ2v) is 5.01. The second-order valence-electron chi connectivity index (χ2n) is 4.45. The molecule has 1 aliphatic heterocycles. The molecule has 1 atom stereocenters. The minimum atomic E-state index is -0.653. The molecular weight excluding hydrogens is 294 g/mol. The van der Waals surface area contributed by atoms with Crippen LogP contribution in [-0.2, 0) is 0 Å². The lowest BCUT2D eigenvalue weighted by atomic mass is 10.2. The van der Waals surface area contributed by atoms with Gasteiger partial charge in [0, 0.05) is 18.3 Å². The van der Waals surface area contributed by atoms with Gasteiger partial charge in [0.15, 0.2) is 11.5 Å². The lowest BCUT2D eigenvalue weighted by Gasteiger charge is -2.19. The van der Waals surface area contributed by atoms with E-state index in [1.54, 1.807) is 0 Å². The molecule has 2 heterocycles. The van der Waals surface area contributed by atoms with Gasteiger partial charge in [-0.05, 0) is 12.1 Å². The molecule has 2 aromatic rings. The molecule has 1 aromatic heterocycles. The van der Waals surface area contributed by atoms with Crippen molar-refractivity contribution in [2.75, 3.05) is 31.7 Å². The van der Waals surface area contributed by atoms with Crippen molar-refractivity contribution in [1.82, 2.24) is 8.75 Å². The fourth-order valence-corrected chi connectivity index (χ4v) is 2.21. The number of aliphatic hydroxyl groups is 1. The van der Waals surface area contributed by atoms with Crippen molar-refractivity contribution in [2.24, 2.45) is 0 Å². The third-order valence-electron chi connectivity index (χ3n) is 2.85. The van der Waals surface area contributed by atoms with Crippen molar-refractivity contribution >= 4 is 17.4 Å². The van der Waals surface area contributed by atoms with Crippen molar-refractivity contribution in [3.63, 3.8) is 0 Å². The van der Waals surface area contributed by atoms with E-state index in [-0.39, 0.29) is 6.61 Å². The molecule has 2 N–H and O–H groups in total. The molecule has 7 nitrogen and oxygen atoms in total. The average molecular weight is 309 g/mol. The number of nitrogens with one attached hydrogen (secondary N) is 1. The summed E-state index contributed by atoms with van der Waals surface area (Å²) in [7, 11) is 0. The summed E-state index contributed by atoms with van der Waals surface area (Å²) in [6.45, 7) is 1.63. The Morgan fingerprint density at radius 2 is 2.19 bits per heavy atom. The highest BCUT2D eigenvalue weighted by molar-refractivity contribution is 6.99. The molecule has 112 valence electrons. The maximum Gasteiger partial charge on any atom is 0.245 e. The van der Waals surface area contributed by atoms with Gasteiger partial charge in [-0.15, -0.1) is 4.37 Å². The molecule has 1 aliphatic rings. The van der Waals surface area contributed by atoms with E-state index >= 15 is 0 Å². The summed E-state index contributed by atoms with van der Waals surface area (Å²) in [5, 5.41) is 13.0. The van der Waals surface area contributed by atoms with Gasteiger partial charge >= 0.3 is 0 Å². The van der Waals surface area contributed by atoms with Gasteiger partial charge in [0.1, 0.15) is 32.1 Å². The topological polar surface area (TPSA) is 85.7 Å². The van der Waals surface area contributed by atoms with E-state index in [1.807, 2.05) is 18.2 Å². The fourth-order valence-electron chi connectivity index (χ4n) is 1.85. The minimum absolute atomic E-state index is 0.156. The first-order chi connectivity index (χ1) is 10.3. The number of aromatic nitrogens is 2. The number of rotatable bonds is 6.